The fourth-order valence-corrected chi connectivity index (χ4v) is 9.14. The number of fused-ring (bicyclic) bond motifs is 2. The maximum atomic E-state index is 13.1. The van der Waals surface area contributed by atoms with Crippen LogP contribution in [0.15, 0.2) is 12.7 Å². The lowest BCUT2D eigenvalue weighted by molar-refractivity contribution is -0.230. The van der Waals surface area contributed by atoms with E-state index < -0.39 is 35.0 Å². The zero-order valence-electron chi connectivity index (χ0n) is 13.7. The second-order valence-corrected chi connectivity index (χ2v) is 14.0. The molecule has 0 aliphatic heterocycles. The number of hydrogen-bond donors (Lipinski definition) is 1. The monoisotopic (exact) mass is 366 g/mol. The maximum absolute atomic E-state index is 13.1. The molecule has 0 heterocycles. The van der Waals surface area contributed by atoms with Crippen LogP contribution >= 0.6 is 23.2 Å². The molecule has 0 unspecified atom stereocenters. The number of halogens is 2. The van der Waals surface area contributed by atoms with Crippen LogP contribution in [0, 0.1) is 0 Å². The van der Waals surface area contributed by atoms with Gasteiger partial charge in [-0.1, -0.05) is 25.7 Å². The summed E-state index contributed by atoms with van der Waals surface area (Å²) >= 11 is 13.7. The van der Waals surface area contributed by atoms with Crippen molar-refractivity contribution < 1.29 is 19.4 Å². The SMILES string of the molecule is C=CC[C@@]1(O)C(=O)[C@]2(Cl)[C@H]([Si](C)(C)C)C[C@@]1(Cl)C2(OC)OC. The summed E-state index contributed by atoms with van der Waals surface area (Å²) in [7, 11) is 0.948. The number of ether oxygens (including phenoxy) is 2. The molecular weight excluding hydrogens is 343 g/mol. The van der Waals surface area contributed by atoms with Crippen molar-refractivity contribution in [1.29, 1.82) is 0 Å². The number of rotatable bonds is 5. The first kappa shape index (κ1) is 18.4. The highest BCUT2D eigenvalue weighted by Crippen LogP contribution is 2.73. The molecule has 126 valence electrons. The van der Waals surface area contributed by atoms with E-state index in [0.717, 1.165) is 0 Å². The topological polar surface area (TPSA) is 55.8 Å². The Labute approximate surface area is 142 Å². The van der Waals surface area contributed by atoms with E-state index in [1.54, 1.807) is 0 Å². The number of methoxy groups -OCH3 is 2. The van der Waals surface area contributed by atoms with Crippen LogP contribution < -0.4 is 0 Å². The maximum Gasteiger partial charge on any atom is 0.217 e. The number of alkyl halides is 2. The van der Waals surface area contributed by atoms with Crippen LogP contribution in [-0.4, -0.2) is 54.3 Å². The van der Waals surface area contributed by atoms with Crippen molar-refractivity contribution in [3.8, 4) is 0 Å². The van der Waals surface area contributed by atoms with E-state index in [0.29, 0.717) is 6.42 Å². The molecule has 1 N–H and O–H groups in total. The molecule has 0 radical (unpaired) electrons. The molecule has 4 atom stereocenters. The van der Waals surface area contributed by atoms with Crippen molar-refractivity contribution in [2.75, 3.05) is 14.2 Å². The molecule has 7 heteroatoms. The summed E-state index contributed by atoms with van der Waals surface area (Å²) < 4.78 is 11.2. The molecular formula is C15H24Cl2O4Si. The third-order valence-corrected chi connectivity index (χ3v) is 9.70. The Balaban J connectivity index is 2.78. The Hall–Kier alpha value is 0.0869. The lowest BCUT2D eigenvalue weighted by Crippen LogP contribution is -2.60. The van der Waals surface area contributed by atoms with E-state index in [9.17, 15) is 9.90 Å². The van der Waals surface area contributed by atoms with Crippen LogP contribution in [0.4, 0.5) is 0 Å². The lowest BCUT2D eigenvalue weighted by Gasteiger charge is -2.43. The summed E-state index contributed by atoms with van der Waals surface area (Å²) in [5.41, 5.74) is -2.02. The zero-order chi connectivity index (χ0) is 17.2. The van der Waals surface area contributed by atoms with E-state index in [1.807, 2.05) is 0 Å². The van der Waals surface area contributed by atoms with E-state index in [4.69, 9.17) is 32.7 Å². The molecule has 0 spiro atoms. The molecule has 2 rings (SSSR count). The fraction of sp³-hybridized carbons (Fsp3) is 0.800. The summed E-state index contributed by atoms with van der Waals surface area (Å²) in [5.74, 6) is -2.08. The number of hydrogen-bond acceptors (Lipinski definition) is 4. The third-order valence-electron chi connectivity index (χ3n) is 5.39. The zero-order valence-corrected chi connectivity index (χ0v) is 16.2. The molecule has 0 aromatic heterocycles. The summed E-state index contributed by atoms with van der Waals surface area (Å²) in [5, 5.41) is 11.1. The van der Waals surface area contributed by atoms with Crippen molar-refractivity contribution in [1.82, 2.24) is 0 Å². The molecule has 0 aromatic rings. The van der Waals surface area contributed by atoms with Gasteiger partial charge in [-0.2, -0.15) is 0 Å². The van der Waals surface area contributed by atoms with Crippen LogP contribution in [0.5, 0.6) is 0 Å². The first-order valence-corrected chi connectivity index (χ1v) is 11.6. The van der Waals surface area contributed by atoms with Gasteiger partial charge in [0.25, 0.3) is 0 Å². The Morgan fingerprint density at radius 3 is 2.23 bits per heavy atom. The van der Waals surface area contributed by atoms with Gasteiger partial charge in [-0.25, -0.2) is 0 Å². The Morgan fingerprint density at radius 2 is 1.86 bits per heavy atom. The number of Topliss-reactive ketones (excluding diaryl/α,β-unsaturated/α-hetero) is 1. The van der Waals surface area contributed by atoms with E-state index in [1.165, 1.54) is 20.3 Å². The molecule has 2 saturated carbocycles. The first-order chi connectivity index (χ1) is 9.93. The van der Waals surface area contributed by atoms with Gasteiger partial charge < -0.3 is 14.6 Å². The summed E-state index contributed by atoms with van der Waals surface area (Å²) in [4.78, 5) is 10.2. The van der Waals surface area contributed by atoms with E-state index in [2.05, 4.69) is 26.2 Å². The molecule has 2 aliphatic rings. The number of ketones is 1. The van der Waals surface area contributed by atoms with E-state index in [-0.39, 0.29) is 12.0 Å². The molecule has 2 bridgehead atoms. The summed E-state index contributed by atoms with van der Waals surface area (Å²) in [6.07, 6.45) is 1.85. The van der Waals surface area contributed by atoms with Crippen molar-refractivity contribution in [2.24, 2.45) is 0 Å². The lowest BCUT2D eigenvalue weighted by atomic mass is 9.79. The normalized spacial score (nSPS) is 43.6. The van der Waals surface area contributed by atoms with Crippen molar-refractivity contribution >= 4 is 37.1 Å². The average Bonchev–Trinajstić information content (AvgIpc) is 2.69. The Bertz CT molecular complexity index is 516. The molecule has 22 heavy (non-hydrogen) atoms. The second-order valence-electron chi connectivity index (χ2n) is 7.34. The minimum Gasteiger partial charge on any atom is -0.380 e. The largest absolute Gasteiger partial charge is 0.380 e. The van der Waals surface area contributed by atoms with Gasteiger partial charge in [-0.05, 0) is 12.0 Å². The van der Waals surface area contributed by atoms with Crippen LogP contribution in [0.25, 0.3) is 0 Å². The van der Waals surface area contributed by atoms with Gasteiger partial charge in [-0.15, -0.1) is 29.8 Å². The molecule has 0 saturated heterocycles. The van der Waals surface area contributed by atoms with Crippen LogP contribution in [0.2, 0.25) is 25.2 Å². The molecule has 4 nitrogen and oxygen atoms in total. The van der Waals surface area contributed by atoms with Gasteiger partial charge in [0.2, 0.25) is 5.79 Å². The molecule has 2 aliphatic carbocycles. The Kier molecular flexibility index (Phi) is 4.22. The summed E-state index contributed by atoms with van der Waals surface area (Å²) in [6.45, 7) is 9.99. The van der Waals surface area contributed by atoms with Gasteiger partial charge in [0.05, 0.1) is 8.07 Å². The smallest absolute Gasteiger partial charge is 0.217 e. The average molecular weight is 367 g/mol. The van der Waals surface area contributed by atoms with Gasteiger partial charge in [0, 0.05) is 20.6 Å². The number of aliphatic hydroxyl groups is 1. The predicted octanol–water partition coefficient (Wildman–Crippen LogP) is 2.93. The quantitative estimate of drug-likeness (QED) is 0.351. The third kappa shape index (κ3) is 1.68. The standard InChI is InChI=1S/C15H24Cl2O4Si/c1-7-8-12(19)11(18)14(17)10(22(4,5)6)9-13(12,16)15(14,20-2)21-3/h7,10,19H,1,8-9H2,2-6H3/t10-,12-,13+,14-/m1/s1. The number of carbonyl (C=O) groups excluding carboxylic acids is 1. The van der Waals surface area contributed by atoms with Crippen molar-refractivity contribution in [2.45, 2.75) is 59.2 Å². The van der Waals surface area contributed by atoms with E-state index >= 15 is 0 Å². The highest BCUT2D eigenvalue weighted by atomic mass is 35.5. The minimum absolute atomic E-state index is 0.0106. The summed E-state index contributed by atoms with van der Waals surface area (Å²) in [6, 6.07) is 0. The minimum atomic E-state index is -1.88. The predicted molar refractivity (Wildman–Crippen MR) is 90.4 cm³/mol. The number of carbonyl (C=O) groups is 1. The van der Waals surface area contributed by atoms with Gasteiger partial charge >= 0.3 is 0 Å². The highest BCUT2D eigenvalue weighted by molar-refractivity contribution is 6.80. The van der Waals surface area contributed by atoms with Crippen molar-refractivity contribution in [3.63, 3.8) is 0 Å². The van der Waals surface area contributed by atoms with Gasteiger partial charge in [-0.3, -0.25) is 4.79 Å². The van der Waals surface area contributed by atoms with Crippen LogP contribution in [0.3, 0.4) is 0 Å². The highest BCUT2D eigenvalue weighted by Gasteiger charge is 2.90. The van der Waals surface area contributed by atoms with Gasteiger partial charge in [0.1, 0.15) is 4.87 Å². The second kappa shape index (κ2) is 5.04. The Morgan fingerprint density at radius 1 is 1.36 bits per heavy atom. The van der Waals surface area contributed by atoms with Gasteiger partial charge in [0.15, 0.2) is 16.3 Å². The molecule has 0 amide bonds. The molecule has 2 fully saturated rings. The van der Waals surface area contributed by atoms with Crippen LogP contribution in [0.1, 0.15) is 12.8 Å². The molecule has 0 aromatic carbocycles. The first-order valence-electron chi connectivity index (χ1n) is 7.29. The fourth-order valence-electron chi connectivity index (χ4n) is 4.37. The van der Waals surface area contributed by atoms with Crippen LogP contribution in [-0.2, 0) is 14.3 Å². The van der Waals surface area contributed by atoms with Crippen molar-refractivity contribution in [3.05, 3.63) is 12.7 Å².